The zero-order chi connectivity index (χ0) is 10.7. The van der Waals surface area contributed by atoms with E-state index in [-0.39, 0.29) is 5.82 Å². The lowest BCUT2D eigenvalue weighted by molar-refractivity contribution is 0.101. The van der Waals surface area contributed by atoms with Gasteiger partial charge in [-0.1, -0.05) is 0 Å². The molecule has 1 fully saturated rings. The largest absolute Gasteiger partial charge is 0.398 e. The Labute approximate surface area is 93.0 Å². The number of hydrogen-bond donors (Lipinski definition) is 1. The number of ether oxygens (including phenoxy) is 1. The normalized spacial score (nSPS) is 21.5. The van der Waals surface area contributed by atoms with Crippen LogP contribution in [0, 0.1) is 5.82 Å². The minimum absolute atomic E-state index is 0.281. The molecular formula is C11H14FNOS. The summed E-state index contributed by atoms with van der Waals surface area (Å²) in [7, 11) is 0. The molecule has 1 heterocycles. The summed E-state index contributed by atoms with van der Waals surface area (Å²) in [6.07, 6.45) is 2.24. The molecule has 1 aliphatic rings. The van der Waals surface area contributed by atoms with Gasteiger partial charge in [0.05, 0.1) is 6.61 Å². The molecule has 0 spiro atoms. The lowest BCUT2D eigenvalue weighted by Gasteiger charge is -2.21. The van der Waals surface area contributed by atoms with E-state index in [0.29, 0.717) is 10.9 Å². The van der Waals surface area contributed by atoms with Crippen molar-refractivity contribution in [3.63, 3.8) is 0 Å². The fraction of sp³-hybridized carbons (Fsp3) is 0.455. The van der Waals surface area contributed by atoms with Crippen molar-refractivity contribution in [2.45, 2.75) is 23.0 Å². The van der Waals surface area contributed by atoms with E-state index in [1.165, 1.54) is 12.1 Å². The lowest BCUT2D eigenvalue weighted by Crippen LogP contribution is -2.19. The van der Waals surface area contributed by atoms with Crippen LogP contribution in [-0.2, 0) is 4.74 Å². The standard InChI is InChI=1S/C11H14FNOS/c12-8-3-4-11(10(13)6-8)15-9-2-1-5-14-7-9/h3-4,6,9H,1-2,5,7,13H2. The SMILES string of the molecule is Nc1cc(F)ccc1SC1CCCOC1. The highest BCUT2D eigenvalue weighted by Crippen LogP contribution is 2.32. The molecule has 2 nitrogen and oxygen atoms in total. The molecule has 0 bridgehead atoms. The van der Waals surface area contributed by atoms with Gasteiger partial charge < -0.3 is 10.5 Å². The van der Waals surface area contributed by atoms with Gasteiger partial charge in [-0.2, -0.15) is 0 Å². The second kappa shape index (κ2) is 4.86. The molecule has 0 saturated carbocycles. The van der Waals surface area contributed by atoms with Crippen LogP contribution < -0.4 is 5.73 Å². The van der Waals surface area contributed by atoms with Crippen LogP contribution in [0.5, 0.6) is 0 Å². The Kier molecular flexibility index (Phi) is 3.49. The Morgan fingerprint density at radius 1 is 1.47 bits per heavy atom. The Hall–Kier alpha value is -0.740. The van der Waals surface area contributed by atoms with E-state index in [2.05, 4.69) is 0 Å². The van der Waals surface area contributed by atoms with Crippen molar-refractivity contribution < 1.29 is 9.13 Å². The van der Waals surface area contributed by atoms with Crippen molar-refractivity contribution in [3.05, 3.63) is 24.0 Å². The van der Waals surface area contributed by atoms with Crippen LogP contribution in [0.15, 0.2) is 23.1 Å². The number of anilines is 1. The second-order valence-electron chi connectivity index (χ2n) is 3.64. The zero-order valence-corrected chi connectivity index (χ0v) is 9.23. The van der Waals surface area contributed by atoms with E-state index in [9.17, 15) is 4.39 Å². The minimum Gasteiger partial charge on any atom is -0.398 e. The van der Waals surface area contributed by atoms with Crippen molar-refractivity contribution in [3.8, 4) is 0 Å². The molecule has 82 valence electrons. The van der Waals surface area contributed by atoms with Crippen LogP contribution >= 0.6 is 11.8 Å². The Bertz CT molecular complexity index is 339. The molecule has 0 amide bonds. The van der Waals surface area contributed by atoms with Crippen LogP contribution in [0.1, 0.15) is 12.8 Å². The number of hydrogen-bond acceptors (Lipinski definition) is 3. The van der Waals surface area contributed by atoms with Gasteiger partial charge in [-0.05, 0) is 31.0 Å². The van der Waals surface area contributed by atoms with Gasteiger partial charge in [0.15, 0.2) is 0 Å². The third-order valence-corrected chi connectivity index (χ3v) is 3.71. The number of nitrogens with two attached hydrogens (primary N) is 1. The third kappa shape index (κ3) is 2.86. The van der Waals surface area contributed by atoms with Crippen molar-refractivity contribution in [2.24, 2.45) is 0 Å². The molecule has 0 radical (unpaired) electrons. The van der Waals surface area contributed by atoms with Gasteiger partial charge in [0.1, 0.15) is 5.82 Å². The smallest absolute Gasteiger partial charge is 0.125 e. The summed E-state index contributed by atoms with van der Waals surface area (Å²) < 4.78 is 18.2. The molecule has 15 heavy (non-hydrogen) atoms. The van der Waals surface area contributed by atoms with Gasteiger partial charge in [-0.15, -0.1) is 11.8 Å². The van der Waals surface area contributed by atoms with Gasteiger partial charge in [0, 0.05) is 22.4 Å². The minimum atomic E-state index is -0.281. The van der Waals surface area contributed by atoms with E-state index in [0.717, 1.165) is 31.0 Å². The molecule has 1 aromatic rings. The molecule has 0 aliphatic carbocycles. The molecule has 2 N–H and O–H groups in total. The first-order valence-corrected chi connectivity index (χ1v) is 5.93. The van der Waals surface area contributed by atoms with Gasteiger partial charge in [0.2, 0.25) is 0 Å². The first-order valence-electron chi connectivity index (χ1n) is 5.05. The van der Waals surface area contributed by atoms with Crippen molar-refractivity contribution >= 4 is 17.4 Å². The summed E-state index contributed by atoms with van der Waals surface area (Å²) in [5.74, 6) is -0.281. The topological polar surface area (TPSA) is 35.2 Å². The molecule has 4 heteroatoms. The molecule has 1 saturated heterocycles. The first-order chi connectivity index (χ1) is 7.25. The number of thioether (sulfide) groups is 1. The maximum Gasteiger partial charge on any atom is 0.125 e. The average molecular weight is 227 g/mol. The number of rotatable bonds is 2. The van der Waals surface area contributed by atoms with Crippen LogP contribution in [0.2, 0.25) is 0 Å². The first kappa shape index (κ1) is 10.8. The molecule has 1 aliphatic heterocycles. The quantitative estimate of drug-likeness (QED) is 0.789. The monoisotopic (exact) mass is 227 g/mol. The lowest BCUT2D eigenvalue weighted by atomic mass is 10.2. The van der Waals surface area contributed by atoms with Crippen LogP contribution in [0.25, 0.3) is 0 Å². The Balaban J connectivity index is 2.03. The summed E-state index contributed by atoms with van der Waals surface area (Å²) in [6, 6.07) is 4.55. The summed E-state index contributed by atoms with van der Waals surface area (Å²) in [5.41, 5.74) is 6.26. The molecule has 1 unspecified atom stereocenters. The predicted molar refractivity (Wildman–Crippen MR) is 60.5 cm³/mol. The van der Waals surface area contributed by atoms with Crippen LogP contribution in [-0.4, -0.2) is 18.5 Å². The highest BCUT2D eigenvalue weighted by Gasteiger charge is 2.16. The van der Waals surface area contributed by atoms with Crippen molar-refractivity contribution in [1.29, 1.82) is 0 Å². The fourth-order valence-corrected chi connectivity index (χ4v) is 2.76. The third-order valence-electron chi connectivity index (χ3n) is 2.38. The van der Waals surface area contributed by atoms with Gasteiger partial charge >= 0.3 is 0 Å². The molecule has 0 aromatic heterocycles. The zero-order valence-electron chi connectivity index (χ0n) is 8.41. The van der Waals surface area contributed by atoms with Crippen LogP contribution in [0.4, 0.5) is 10.1 Å². The second-order valence-corrected chi connectivity index (χ2v) is 4.98. The number of halogens is 1. The number of benzene rings is 1. The van der Waals surface area contributed by atoms with Crippen molar-refractivity contribution in [1.82, 2.24) is 0 Å². The van der Waals surface area contributed by atoms with Gasteiger partial charge in [0.25, 0.3) is 0 Å². The fourth-order valence-electron chi connectivity index (χ4n) is 1.61. The van der Waals surface area contributed by atoms with Crippen LogP contribution in [0.3, 0.4) is 0 Å². The molecule has 2 rings (SSSR count). The van der Waals surface area contributed by atoms with Gasteiger partial charge in [-0.25, -0.2) is 4.39 Å². The highest BCUT2D eigenvalue weighted by molar-refractivity contribution is 8.00. The van der Waals surface area contributed by atoms with Crippen molar-refractivity contribution in [2.75, 3.05) is 18.9 Å². The van der Waals surface area contributed by atoms with E-state index in [1.54, 1.807) is 17.8 Å². The summed E-state index contributed by atoms with van der Waals surface area (Å²) in [6.45, 7) is 1.62. The maximum atomic E-state index is 12.8. The summed E-state index contributed by atoms with van der Waals surface area (Å²) >= 11 is 1.68. The average Bonchev–Trinajstić information content (AvgIpc) is 2.24. The molecule has 1 aromatic carbocycles. The van der Waals surface area contributed by atoms with Gasteiger partial charge in [-0.3, -0.25) is 0 Å². The summed E-state index contributed by atoms with van der Waals surface area (Å²) in [4.78, 5) is 0.951. The Morgan fingerprint density at radius 2 is 2.33 bits per heavy atom. The van der Waals surface area contributed by atoms with E-state index >= 15 is 0 Å². The van der Waals surface area contributed by atoms with E-state index in [1.807, 2.05) is 0 Å². The molecule has 1 atom stereocenters. The number of nitrogen functional groups attached to an aromatic ring is 1. The maximum absolute atomic E-state index is 12.8. The van der Waals surface area contributed by atoms with E-state index in [4.69, 9.17) is 10.5 Å². The Morgan fingerprint density at radius 3 is 3.00 bits per heavy atom. The molecular weight excluding hydrogens is 213 g/mol. The highest BCUT2D eigenvalue weighted by atomic mass is 32.2. The summed E-state index contributed by atoms with van der Waals surface area (Å²) in [5, 5.41) is 0.450. The van der Waals surface area contributed by atoms with E-state index < -0.39 is 0 Å². The predicted octanol–water partition coefficient (Wildman–Crippen LogP) is 2.68.